The van der Waals surface area contributed by atoms with Crippen LogP contribution in [0.2, 0.25) is 0 Å². The molecule has 0 unspecified atom stereocenters. The lowest BCUT2D eigenvalue weighted by molar-refractivity contribution is -0.115. The highest BCUT2D eigenvalue weighted by Gasteiger charge is 2.08. The van der Waals surface area contributed by atoms with Crippen LogP contribution in [0.25, 0.3) is 5.82 Å². The first kappa shape index (κ1) is 18.4. The lowest BCUT2D eigenvalue weighted by Gasteiger charge is -2.09. The van der Waals surface area contributed by atoms with Gasteiger partial charge in [-0.3, -0.25) is 4.79 Å². The number of rotatable bonds is 6. The standard InChI is InChI=1S/C22H19N5O2/c1-16-24-20(27-13-5-12-23-27)15-22(25-16)29-19-10-8-18(9-11-19)26-21(28)14-17-6-3-2-4-7-17/h2-13,15H,14H2,1H3,(H,26,28). The van der Waals surface area contributed by atoms with E-state index >= 15 is 0 Å². The molecule has 29 heavy (non-hydrogen) atoms. The van der Waals surface area contributed by atoms with Crippen molar-refractivity contribution in [2.75, 3.05) is 5.32 Å². The smallest absolute Gasteiger partial charge is 0.228 e. The molecule has 144 valence electrons. The van der Waals surface area contributed by atoms with Crippen molar-refractivity contribution in [1.82, 2.24) is 19.7 Å². The topological polar surface area (TPSA) is 81.9 Å². The van der Waals surface area contributed by atoms with Crippen molar-refractivity contribution in [1.29, 1.82) is 0 Å². The number of hydrogen-bond acceptors (Lipinski definition) is 5. The molecule has 7 nitrogen and oxygen atoms in total. The van der Waals surface area contributed by atoms with Gasteiger partial charge in [-0.05, 0) is 42.8 Å². The van der Waals surface area contributed by atoms with Crippen molar-refractivity contribution in [2.24, 2.45) is 0 Å². The Morgan fingerprint density at radius 1 is 1.03 bits per heavy atom. The third kappa shape index (κ3) is 4.84. The molecule has 0 spiro atoms. The normalized spacial score (nSPS) is 10.5. The molecule has 4 rings (SSSR count). The summed E-state index contributed by atoms with van der Waals surface area (Å²) in [5.41, 5.74) is 1.67. The molecule has 7 heteroatoms. The van der Waals surface area contributed by atoms with Gasteiger partial charge in [0.05, 0.1) is 6.42 Å². The van der Waals surface area contributed by atoms with E-state index in [9.17, 15) is 4.79 Å². The van der Waals surface area contributed by atoms with E-state index in [1.54, 1.807) is 54.3 Å². The van der Waals surface area contributed by atoms with Crippen LogP contribution in [0, 0.1) is 6.92 Å². The Bertz CT molecular complexity index is 1090. The SMILES string of the molecule is Cc1nc(Oc2ccc(NC(=O)Cc3ccccc3)cc2)cc(-n2cccn2)n1. The van der Waals surface area contributed by atoms with E-state index in [1.165, 1.54) is 0 Å². The molecule has 0 aliphatic heterocycles. The minimum absolute atomic E-state index is 0.0693. The number of amides is 1. The molecule has 2 heterocycles. The number of carbonyl (C=O) groups is 1. The lowest BCUT2D eigenvalue weighted by atomic mass is 10.1. The molecule has 0 aliphatic carbocycles. The number of carbonyl (C=O) groups excluding carboxylic acids is 1. The molecule has 0 saturated carbocycles. The van der Waals surface area contributed by atoms with Crippen molar-refractivity contribution >= 4 is 11.6 Å². The minimum atomic E-state index is -0.0693. The van der Waals surface area contributed by atoms with Crippen LogP contribution in [-0.2, 0) is 11.2 Å². The van der Waals surface area contributed by atoms with Gasteiger partial charge in [0.1, 0.15) is 11.6 Å². The number of anilines is 1. The monoisotopic (exact) mass is 385 g/mol. The van der Waals surface area contributed by atoms with E-state index in [0.717, 1.165) is 5.56 Å². The predicted octanol–water partition coefficient (Wildman–Crippen LogP) is 3.94. The van der Waals surface area contributed by atoms with Crippen molar-refractivity contribution in [3.63, 3.8) is 0 Å². The summed E-state index contributed by atoms with van der Waals surface area (Å²) in [5.74, 6) is 2.17. The van der Waals surface area contributed by atoms with E-state index in [1.807, 2.05) is 36.4 Å². The van der Waals surface area contributed by atoms with E-state index < -0.39 is 0 Å². The summed E-state index contributed by atoms with van der Waals surface area (Å²) in [6.07, 6.45) is 3.82. The molecule has 0 aliphatic rings. The summed E-state index contributed by atoms with van der Waals surface area (Å²) >= 11 is 0. The van der Waals surface area contributed by atoms with Crippen LogP contribution in [0.4, 0.5) is 5.69 Å². The quantitative estimate of drug-likeness (QED) is 0.544. The zero-order valence-corrected chi connectivity index (χ0v) is 15.8. The lowest BCUT2D eigenvalue weighted by Crippen LogP contribution is -2.14. The van der Waals surface area contributed by atoms with Crippen LogP contribution >= 0.6 is 0 Å². The fourth-order valence-corrected chi connectivity index (χ4v) is 2.81. The Kier molecular flexibility index (Phi) is 5.29. The van der Waals surface area contributed by atoms with Gasteiger partial charge < -0.3 is 10.1 Å². The average Bonchev–Trinajstić information content (AvgIpc) is 3.25. The minimum Gasteiger partial charge on any atom is -0.439 e. The van der Waals surface area contributed by atoms with E-state index in [0.29, 0.717) is 35.4 Å². The number of nitrogens with zero attached hydrogens (tertiary/aromatic N) is 4. The molecule has 1 N–H and O–H groups in total. The van der Waals surface area contributed by atoms with Crippen LogP contribution in [-0.4, -0.2) is 25.7 Å². The Labute approximate surface area is 168 Å². The summed E-state index contributed by atoms with van der Waals surface area (Å²) < 4.78 is 7.49. The summed E-state index contributed by atoms with van der Waals surface area (Å²) in [6, 6.07) is 20.3. The van der Waals surface area contributed by atoms with Gasteiger partial charge in [0, 0.05) is 24.1 Å². The molecule has 1 amide bonds. The first-order valence-corrected chi connectivity index (χ1v) is 9.13. The van der Waals surface area contributed by atoms with Gasteiger partial charge in [-0.25, -0.2) is 9.67 Å². The van der Waals surface area contributed by atoms with Gasteiger partial charge in [0.15, 0.2) is 5.82 Å². The summed E-state index contributed by atoms with van der Waals surface area (Å²) in [4.78, 5) is 20.9. The molecule has 2 aromatic heterocycles. The molecule has 2 aromatic carbocycles. The van der Waals surface area contributed by atoms with Crippen LogP contribution in [0.5, 0.6) is 11.6 Å². The average molecular weight is 385 g/mol. The first-order chi connectivity index (χ1) is 14.2. The maximum Gasteiger partial charge on any atom is 0.228 e. The second-order valence-corrected chi connectivity index (χ2v) is 6.40. The summed E-state index contributed by atoms with van der Waals surface area (Å²) in [7, 11) is 0. The molecular weight excluding hydrogens is 366 g/mol. The van der Waals surface area contributed by atoms with E-state index in [4.69, 9.17) is 4.74 Å². The highest BCUT2D eigenvalue weighted by Crippen LogP contribution is 2.23. The predicted molar refractivity (Wildman–Crippen MR) is 109 cm³/mol. The van der Waals surface area contributed by atoms with E-state index in [2.05, 4.69) is 20.4 Å². The maximum atomic E-state index is 12.2. The van der Waals surface area contributed by atoms with Crippen molar-refractivity contribution in [2.45, 2.75) is 13.3 Å². The Hall–Kier alpha value is -4.00. The number of benzene rings is 2. The van der Waals surface area contributed by atoms with Crippen LogP contribution in [0.15, 0.2) is 79.1 Å². The molecular formula is C22H19N5O2. The fraction of sp³-hybridized carbons (Fsp3) is 0.0909. The molecule has 0 bridgehead atoms. The second-order valence-electron chi connectivity index (χ2n) is 6.40. The third-order valence-corrected chi connectivity index (χ3v) is 4.11. The molecule has 0 saturated heterocycles. The number of aromatic nitrogens is 4. The highest BCUT2D eigenvalue weighted by atomic mass is 16.5. The van der Waals surface area contributed by atoms with Gasteiger partial charge in [-0.15, -0.1) is 0 Å². The number of aryl methyl sites for hydroxylation is 1. The molecule has 0 atom stereocenters. The molecule has 4 aromatic rings. The van der Waals surface area contributed by atoms with Crippen LogP contribution in [0.1, 0.15) is 11.4 Å². The van der Waals surface area contributed by atoms with Gasteiger partial charge in [0.2, 0.25) is 11.8 Å². The largest absolute Gasteiger partial charge is 0.439 e. The Balaban J connectivity index is 1.41. The number of ether oxygens (including phenoxy) is 1. The van der Waals surface area contributed by atoms with Gasteiger partial charge in [-0.1, -0.05) is 30.3 Å². The Morgan fingerprint density at radius 3 is 2.55 bits per heavy atom. The van der Waals surface area contributed by atoms with Gasteiger partial charge >= 0.3 is 0 Å². The zero-order chi connectivity index (χ0) is 20.1. The number of nitrogens with one attached hydrogen (secondary N) is 1. The number of hydrogen-bond donors (Lipinski definition) is 1. The molecule has 0 radical (unpaired) electrons. The van der Waals surface area contributed by atoms with E-state index in [-0.39, 0.29) is 5.91 Å². The zero-order valence-electron chi connectivity index (χ0n) is 15.8. The van der Waals surface area contributed by atoms with Crippen LogP contribution < -0.4 is 10.1 Å². The fourth-order valence-electron chi connectivity index (χ4n) is 2.81. The third-order valence-electron chi connectivity index (χ3n) is 4.11. The Morgan fingerprint density at radius 2 is 1.83 bits per heavy atom. The first-order valence-electron chi connectivity index (χ1n) is 9.13. The van der Waals surface area contributed by atoms with Crippen molar-refractivity contribution in [3.05, 3.63) is 90.5 Å². The molecule has 0 fully saturated rings. The summed E-state index contributed by atoms with van der Waals surface area (Å²) in [6.45, 7) is 1.80. The maximum absolute atomic E-state index is 12.2. The second kappa shape index (κ2) is 8.35. The van der Waals surface area contributed by atoms with Gasteiger partial charge in [0.25, 0.3) is 0 Å². The van der Waals surface area contributed by atoms with Crippen molar-refractivity contribution < 1.29 is 9.53 Å². The van der Waals surface area contributed by atoms with Gasteiger partial charge in [-0.2, -0.15) is 10.1 Å². The van der Waals surface area contributed by atoms with Crippen molar-refractivity contribution in [3.8, 4) is 17.4 Å². The summed E-state index contributed by atoms with van der Waals surface area (Å²) in [5, 5.41) is 7.06. The highest BCUT2D eigenvalue weighted by molar-refractivity contribution is 5.92. The van der Waals surface area contributed by atoms with Crippen LogP contribution in [0.3, 0.4) is 0 Å².